The van der Waals surface area contributed by atoms with Gasteiger partial charge >= 0.3 is 5.97 Å². The van der Waals surface area contributed by atoms with Crippen LogP contribution < -0.4 is 4.74 Å². The van der Waals surface area contributed by atoms with Gasteiger partial charge in [0.15, 0.2) is 15.6 Å². The summed E-state index contributed by atoms with van der Waals surface area (Å²) in [6.07, 6.45) is 4.59. The molecule has 1 saturated carbocycles. The van der Waals surface area contributed by atoms with Gasteiger partial charge in [-0.3, -0.25) is 4.79 Å². The molecular weight excluding hydrogens is 328 g/mol. The van der Waals surface area contributed by atoms with Crippen molar-refractivity contribution in [3.8, 4) is 5.75 Å². The van der Waals surface area contributed by atoms with Gasteiger partial charge in [-0.15, -0.1) is 0 Å². The van der Waals surface area contributed by atoms with Crippen LogP contribution in [0.4, 0.5) is 0 Å². The SMILES string of the molecule is COc1c(Cl)cc(C2(C(=O)O)CCCCC2)cc1S(C)(=O)=O. The van der Waals surface area contributed by atoms with Gasteiger partial charge < -0.3 is 9.84 Å². The number of methoxy groups -OCH3 is 1. The van der Waals surface area contributed by atoms with Gasteiger partial charge in [-0.05, 0) is 30.5 Å². The first-order chi connectivity index (χ1) is 10.2. The zero-order chi connectivity index (χ0) is 16.5. The molecule has 1 aliphatic rings. The predicted molar refractivity (Wildman–Crippen MR) is 83.5 cm³/mol. The lowest BCUT2D eigenvalue weighted by atomic mass is 9.69. The molecule has 0 spiro atoms. The number of ether oxygens (including phenoxy) is 1. The van der Waals surface area contributed by atoms with Crippen LogP contribution in [0.2, 0.25) is 5.02 Å². The lowest BCUT2D eigenvalue weighted by Crippen LogP contribution is -2.38. The first-order valence-corrected chi connectivity index (χ1v) is 9.31. The molecule has 0 unspecified atom stereocenters. The Labute approximate surface area is 135 Å². The minimum Gasteiger partial charge on any atom is -0.494 e. The molecule has 0 atom stereocenters. The van der Waals surface area contributed by atoms with Gasteiger partial charge in [0.1, 0.15) is 4.90 Å². The largest absolute Gasteiger partial charge is 0.494 e. The number of halogens is 1. The molecule has 0 radical (unpaired) electrons. The van der Waals surface area contributed by atoms with Crippen LogP contribution in [0.15, 0.2) is 17.0 Å². The van der Waals surface area contributed by atoms with E-state index in [9.17, 15) is 18.3 Å². The molecule has 7 heteroatoms. The van der Waals surface area contributed by atoms with Crippen molar-refractivity contribution in [3.05, 3.63) is 22.7 Å². The first kappa shape index (κ1) is 17.1. The molecular formula is C15H19ClO5S. The first-order valence-electron chi connectivity index (χ1n) is 7.04. The molecule has 0 aromatic heterocycles. The number of hydrogen-bond acceptors (Lipinski definition) is 4. The Bertz CT molecular complexity index is 690. The van der Waals surface area contributed by atoms with Gasteiger partial charge in [0.05, 0.1) is 17.5 Å². The third-order valence-corrected chi connectivity index (χ3v) is 5.67. The number of carbonyl (C=O) groups is 1. The van der Waals surface area contributed by atoms with Crippen molar-refractivity contribution in [2.45, 2.75) is 42.4 Å². The molecule has 0 saturated heterocycles. The number of rotatable bonds is 4. The van der Waals surface area contributed by atoms with E-state index in [-0.39, 0.29) is 15.7 Å². The maximum atomic E-state index is 12.0. The summed E-state index contributed by atoms with van der Waals surface area (Å²) < 4.78 is 29.1. The van der Waals surface area contributed by atoms with E-state index in [4.69, 9.17) is 16.3 Å². The fourth-order valence-electron chi connectivity index (χ4n) is 3.10. The van der Waals surface area contributed by atoms with Gasteiger partial charge in [-0.25, -0.2) is 8.42 Å². The molecule has 1 aromatic rings. The highest BCUT2D eigenvalue weighted by molar-refractivity contribution is 7.90. The van der Waals surface area contributed by atoms with Crippen LogP contribution in [0.25, 0.3) is 0 Å². The van der Waals surface area contributed by atoms with Crippen molar-refractivity contribution in [2.75, 3.05) is 13.4 Å². The molecule has 1 aromatic carbocycles. The number of carboxylic acid groups (broad SMARTS) is 1. The summed E-state index contributed by atoms with van der Waals surface area (Å²) in [7, 11) is -2.25. The van der Waals surface area contributed by atoms with Gasteiger partial charge in [0, 0.05) is 6.26 Å². The number of aliphatic carboxylic acids is 1. The Morgan fingerprint density at radius 1 is 1.27 bits per heavy atom. The lowest BCUT2D eigenvalue weighted by Gasteiger charge is -2.34. The highest BCUT2D eigenvalue weighted by atomic mass is 35.5. The van der Waals surface area contributed by atoms with E-state index >= 15 is 0 Å². The molecule has 122 valence electrons. The average Bonchev–Trinajstić information content (AvgIpc) is 2.46. The van der Waals surface area contributed by atoms with Crippen molar-refractivity contribution in [1.82, 2.24) is 0 Å². The number of carboxylic acids is 1. The van der Waals surface area contributed by atoms with E-state index in [1.807, 2.05) is 0 Å². The molecule has 22 heavy (non-hydrogen) atoms. The summed E-state index contributed by atoms with van der Waals surface area (Å²) in [6.45, 7) is 0. The second kappa shape index (κ2) is 6.08. The summed E-state index contributed by atoms with van der Waals surface area (Å²) >= 11 is 6.14. The van der Waals surface area contributed by atoms with Gasteiger partial charge in [0.25, 0.3) is 0 Å². The maximum absolute atomic E-state index is 12.0. The quantitative estimate of drug-likeness (QED) is 0.906. The maximum Gasteiger partial charge on any atom is 0.314 e. The monoisotopic (exact) mass is 346 g/mol. The molecule has 0 bridgehead atoms. The van der Waals surface area contributed by atoms with Crippen LogP contribution in [0.3, 0.4) is 0 Å². The average molecular weight is 347 g/mol. The van der Waals surface area contributed by atoms with Crippen molar-refractivity contribution in [2.24, 2.45) is 0 Å². The highest BCUT2D eigenvalue weighted by Crippen LogP contribution is 2.44. The molecule has 0 amide bonds. The van der Waals surface area contributed by atoms with Crippen LogP contribution >= 0.6 is 11.6 Å². The van der Waals surface area contributed by atoms with Gasteiger partial charge in [-0.2, -0.15) is 0 Å². The van der Waals surface area contributed by atoms with Crippen LogP contribution in [0.5, 0.6) is 5.75 Å². The van der Waals surface area contributed by atoms with E-state index < -0.39 is 21.2 Å². The zero-order valence-electron chi connectivity index (χ0n) is 12.6. The topological polar surface area (TPSA) is 80.7 Å². The second-order valence-corrected chi connectivity index (χ2v) is 8.10. The molecule has 2 rings (SSSR count). The van der Waals surface area contributed by atoms with Gasteiger partial charge in [0.2, 0.25) is 0 Å². The number of hydrogen-bond donors (Lipinski definition) is 1. The smallest absolute Gasteiger partial charge is 0.314 e. The Morgan fingerprint density at radius 3 is 2.32 bits per heavy atom. The van der Waals surface area contributed by atoms with Crippen molar-refractivity contribution < 1.29 is 23.1 Å². The number of benzene rings is 1. The third-order valence-electron chi connectivity index (χ3n) is 4.28. The fraction of sp³-hybridized carbons (Fsp3) is 0.533. The Kier molecular flexibility index (Phi) is 4.73. The Balaban J connectivity index is 2.70. The second-order valence-electron chi connectivity index (χ2n) is 5.71. The van der Waals surface area contributed by atoms with Crippen molar-refractivity contribution in [1.29, 1.82) is 0 Å². The van der Waals surface area contributed by atoms with Gasteiger partial charge in [-0.1, -0.05) is 30.9 Å². The molecule has 0 aliphatic heterocycles. The predicted octanol–water partition coefficient (Wildman–Crippen LogP) is 3.04. The Hall–Kier alpha value is -1.27. The molecule has 5 nitrogen and oxygen atoms in total. The van der Waals surface area contributed by atoms with Crippen LogP contribution in [-0.4, -0.2) is 32.9 Å². The molecule has 1 N–H and O–H groups in total. The summed E-state index contributed by atoms with van der Waals surface area (Å²) in [5.41, 5.74) is -0.640. The van der Waals surface area contributed by atoms with E-state index in [0.29, 0.717) is 18.4 Å². The van der Waals surface area contributed by atoms with E-state index in [1.54, 1.807) is 0 Å². The van der Waals surface area contributed by atoms with E-state index in [1.165, 1.54) is 19.2 Å². The minimum absolute atomic E-state index is 0.0595. The zero-order valence-corrected chi connectivity index (χ0v) is 14.1. The molecule has 1 aliphatic carbocycles. The summed E-state index contributed by atoms with van der Waals surface area (Å²) in [4.78, 5) is 11.8. The highest BCUT2D eigenvalue weighted by Gasteiger charge is 2.42. The van der Waals surface area contributed by atoms with Crippen LogP contribution in [-0.2, 0) is 20.0 Å². The lowest BCUT2D eigenvalue weighted by molar-refractivity contribution is -0.145. The summed E-state index contributed by atoms with van der Waals surface area (Å²) in [5.74, 6) is -0.878. The Morgan fingerprint density at radius 2 is 1.86 bits per heavy atom. The van der Waals surface area contributed by atoms with Crippen LogP contribution in [0.1, 0.15) is 37.7 Å². The van der Waals surface area contributed by atoms with Crippen LogP contribution in [0, 0.1) is 0 Å². The van der Waals surface area contributed by atoms with Crippen molar-refractivity contribution >= 4 is 27.4 Å². The summed E-state index contributed by atoms with van der Waals surface area (Å²) in [5, 5.41) is 9.85. The van der Waals surface area contributed by atoms with Crippen molar-refractivity contribution in [3.63, 3.8) is 0 Å². The fourth-order valence-corrected chi connectivity index (χ4v) is 4.32. The molecule has 0 heterocycles. The summed E-state index contributed by atoms with van der Waals surface area (Å²) in [6, 6.07) is 2.92. The van der Waals surface area contributed by atoms with E-state index in [0.717, 1.165) is 25.5 Å². The third kappa shape index (κ3) is 2.94. The normalized spacial score (nSPS) is 18.0. The number of sulfone groups is 1. The minimum atomic E-state index is -3.58. The molecule has 1 fully saturated rings. The van der Waals surface area contributed by atoms with E-state index in [2.05, 4.69) is 0 Å². The standard InChI is InChI=1S/C15H19ClO5S/c1-21-13-11(16)8-10(9-12(13)22(2,19)20)15(14(17)18)6-4-3-5-7-15/h8-9H,3-7H2,1-2H3,(H,17,18).